The number of pyridine rings is 1. The SMILES string of the molecule is Cc1ccc(NC(=O)c2cncc(-c3ccc(F)cc3)c2)cc1. The molecule has 0 saturated heterocycles. The monoisotopic (exact) mass is 306 g/mol. The second-order valence-corrected chi connectivity index (χ2v) is 5.29. The highest BCUT2D eigenvalue weighted by molar-refractivity contribution is 6.04. The topological polar surface area (TPSA) is 42.0 Å². The fourth-order valence-corrected chi connectivity index (χ4v) is 2.20. The smallest absolute Gasteiger partial charge is 0.257 e. The van der Waals surface area contributed by atoms with Crippen LogP contribution in [0.15, 0.2) is 67.0 Å². The van der Waals surface area contributed by atoms with Crippen LogP contribution >= 0.6 is 0 Å². The van der Waals surface area contributed by atoms with Crippen LogP contribution in [-0.4, -0.2) is 10.9 Å². The Kier molecular flexibility index (Phi) is 4.15. The summed E-state index contributed by atoms with van der Waals surface area (Å²) in [5.74, 6) is -0.528. The lowest BCUT2D eigenvalue weighted by Gasteiger charge is -2.07. The molecule has 0 bridgehead atoms. The van der Waals surface area contributed by atoms with Gasteiger partial charge in [-0.2, -0.15) is 0 Å². The van der Waals surface area contributed by atoms with Gasteiger partial charge in [0.15, 0.2) is 0 Å². The van der Waals surface area contributed by atoms with Crippen LogP contribution < -0.4 is 5.32 Å². The summed E-state index contributed by atoms with van der Waals surface area (Å²) in [7, 11) is 0. The number of rotatable bonds is 3. The molecule has 1 N–H and O–H groups in total. The lowest BCUT2D eigenvalue weighted by Crippen LogP contribution is -2.12. The predicted octanol–water partition coefficient (Wildman–Crippen LogP) is 4.45. The quantitative estimate of drug-likeness (QED) is 0.777. The summed E-state index contributed by atoms with van der Waals surface area (Å²) < 4.78 is 13.0. The normalized spacial score (nSPS) is 10.3. The van der Waals surface area contributed by atoms with E-state index in [0.717, 1.165) is 22.4 Å². The number of aryl methyl sites for hydroxylation is 1. The van der Waals surface area contributed by atoms with Gasteiger partial charge in [-0.05, 0) is 42.8 Å². The number of anilines is 1. The van der Waals surface area contributed by atoms with Crippen molar-refractivity contribution in [3.8, 4) is 11.1 Å². The summed E-state index contributed by atoms with van der Waals surface area (Å²) in [5, 5.41) is 2.83. The average molecular weight is 306 g/mol. The van der Waals surface area contributed by atoms with E-state index in [1.807, 2.05) is 31.2 Å². The van der Waals surface area contributed by atoms with Crippen molar-refractivity contribution in [1.82, 2.24) is 4.98 Å². The number of nitrogens with one attached hydrogen (secondary N) is 1. The number of hydrogen-bond acceptors (Lipinski definition) is 2. The second kappa shape index (κ2) is 6.40. The highest BCUT2D eigenvalue weighted by Crippen LogP contribution is 2.20. The van der Waals surface area contributed by atoms with Gasteiger partial charge in [0.1, 0.15) is 5.82 Å². The molecule has 0 aliphatic carbocycles. The Morgan fingerprint density at radius 3 is 2.35 bits per heavy atom. The van der Waals surface area contributed by atoms with Gasteiger partial charge in [0.05, 0.1) is 5.56 Å². The third-order valence-electron chi connectivity index (χ3n) is 3.49. The second-order valence-electron chi connectivity index (χ2n) is 5.29. The minimum absolute atomic E-state index is 0.231. The third kappa shape index (κ3) is 3.61. The fraction of sp³-hybridized carbons (Fsp3) is 0.0526. The molecule has 23 heavy (non-hydrogen) atoms. The largest absolute Gasteiger partial charge is 0.322 e. The summed E-state index contributed by atoms with van der Waals surface area (Å²) in [6, 6.07) is 15.4. The van der Waals surface area contributed by atoms with Crippen LogP contribution in [-0.2, 0) is 0 Å². The van der Waals surface area contributed by atoms with Crippen molar-refractivity contribution in [2.24, 2.45) is 0 Å². The number of carbonyl (C=O) groups excluding carboxylic acids is 1. The molecule has 3 aromatic rings. The van der Waals surface area contributed by atoms with Crippen molar-refractivity contribution in [2.75, 3.05) is 5.32 Å². The molecular weight excluding hydrogens is 291 g/mol. The van der Waals surface area contributed by atoms with Gasteiger partial charge in [-0.1, -0.05) is 29.8 Å². The van der Waals surface area contributed by atoms with E-state index >= 15 is 0 Å². The van der Waals surface area contributed by atoms with Gasteiger partial charge in [0.25, 0.3) is 5.91 Å². The maximum atomic E-state index is 13.0. The van der Waals surface area contributed by atoms with E-state index in [0.29, 0.717) is 5.56 Å². The van der Waals surface area contributed by atoms with E-state index in [-0.39, 0.29) is 11.7 Å². The molecule has 1 amide bonds. The molecule has 1 aromatic heterocycles. The summed E-state index contributed by atoms with van der Waals surface area (Å²) in [6.07, 6.45) is 3.16. The molecule has 0 aliphatic rings. The third-order valence-corrected chi connectivity index (χ3v) is 3.49. The van der Waals surface area contributed by atoms with E-state index in [4.69, 9.17) is 0 Å². The molecule has 0 saturated carbocycles. The van der Waals surface area contributed by atoms with Crippen LogP contribution in [0.2, 0.25) is 0 Å². The van der Waals surface area contributed by atoms with E-state index in [9.17, 15) is 9.18 Å². The number of halogens is 1. The van der Waals surface area contributed by atoms with Gasteiger partial charge in [-0.25, -0.2) is 4.39 Å². The van der Waals surface area contributed by atoms with Crippen LogP contribution in [0.3, 0.4) is 0 Å². The Labute approximate surface area is 133 Å². The molecule has 0 spiro atoms. The first-order valence-corrected chi connectivity index (χ1v) is 7.21. The first-order valence-electron chi connectivity index (χ1n) is 7.21. The molecule has 0 radical (unpaired) electrons. The summed E-state index contributed by atoms with van der Waals surface area (Å²) >= 11 is 0. The highest BCUT2D eigenvalue weighted by Gasteiger charge is 2.08. The molecule has 2 aromatic carbocycles. The van der Waals surface area contributed by atoms with Crippen LogP contribution in [0, 0.1) is 12.7 Å². The highest BCUT2D eigenvalue weighted by atomic mass is 19.1. The van der Waals surface area contributed by atoms with Crippen molar-refractivity contribution < 1.29 is 9.18 Å². The molecule has 114 valence electrons. The predicted molar refractivity (Wildman–Crippen MR) is 88.8 cm³/mol. The zero-order valence-electron chi connectivity index (χ0n) is 12.6. The van der Waals surface area contributed by atoms with Gasteiger partial charge in [-0.15, -0.1) is 0 Å². The lowest BCUT2D eigenvalue weighted by molar-refractivity contribution is 0.102. The molecule has 0 fully saturated rings. The van der Waals surface area contributed by atoms with Crippen LogP contribution in [0.1, 0.15) is 15.9 Å². The van der Waals surface area contributed by atoms with Gasteiger partial charge in [-0.3, -0.25) is 9.78 Å². The lowest BCUT2D eigenvalue weighted by atomic mass is 10.1. The van der Waals surface area contributed by atoms with Gasteiger partial charge in [0.2, 0.25) is 0 Å². The average Bonchev–Trinajstić information content (AvgIpc) is 2.58. The van der Waals surface area contributed by atoms with Crippen molar-refractivity contribution in [1.29, 1.82) is 0 Å². The Morgan fingerprint density at radius 1 is 0.957 bits per heavy atom. The summed E-state index contributed by atoms with van der Waals surface area (Å²) in [5.41, 5.74) is 3.88. The molecule has 0 atom stereocenters. The standard InChI is InChI=1S/C19H15FN2O/c1-13-2-8-18(9-3-13)22-19(23)16-10-15(11-21-12-16)14-4-6-17(20)7-5-14/h2-12H,1H3,(H,22,23). The Morgan fingerprint density at radius 2 is 1.65 bits per heavy atom. The fourth-order valence-electron chi connectivity index (χ4n) is 2.20. The van der Waals surface area contributed by atoms with E-state index in [2.05, 4.69) is 10.3 Å². The van der Waals surface area contributed by atoms with Gasteiger partial charge in [0, 0.05) is 23.6 Å². The Hall–Kier alpha value is -3.01. The number of aromatic nitrogens is 1. The van der Waals surface area contributed by atoms with Crippen molar-refractivity contribution >= 4 is 11.6 Å². The van der Waals surface area contributed by atoms with Gasteiger partial charge >= 0.3 is 0 Å². The number of benzene rings is 2. The maximum absolute atomic E-state index is 13.0. The van der Waals surface area contributed by atoms with Gasteiger partial charge < -0.3 is 5.32 Å². The minimum atomic E-state index is -0.296. The van der Waals surface area contributed by atoms with Crippen molar-refractivity contribution in [2.45, 2.75) is 6.92 Å². The molecular formula is C19H15FN2O. The molecule has 3 rings (SSSR count). The first-order chi connectivity index (χ1) is 11.1. The summed E-state index contributed by atoms with van der Waals surface area (Å²) in [4.78, 5) is 16.4. The molecule has 0 aliphatic heterocycles. The number of nitrogens with zero attached hydrogens (tertiary/aromatic N) is 1. The molecule has 3 nitrogen and oxygen atoms in total. The first kappa shape index (κ1) is 14.9. The molecule has 1 heterocycles. The number of amides is 1. The van der Waals surface area contributed by atoms with Crippen molar-refractivity contribution in [3.05, 3.63) is 83.9 Å². The number of carbonyl (C=O) groups is 1. The molecule has 4 heteroatoms. The zero-order valence-corrected chi connectivity index (χ0v) is 12.6. The minimum Gasteiger partial charge on any atom is -0.322 e. The Bertz CT molecular complexity index is 827. The van der Waals surface area contributed by atoms with Crippen LogP contribution in [0.5, 0.6) is 0 Å². The van der Waals surface area contributed by atoms with E-state index < -0.39 is 0 Å². The van der Waals surface area contributed by atoms with Crippen molar-refractivity contribution in [3.63, 3.8) is 0 Å². The van der Waals surface area contributed by atoms with Crippen LogP contribution in [0.25, 0.3) is 11.1 Å². The Balaban J connectivity index is 1.82. The zero-order chi connectivity index (χ0) is 16.2. The molecule has 0 unspecified atom stereocenters. The van der Waals surface area contributed by atoms with E-state index in [1.165, 1.54) is 18.3 Å². The van der Waals surface area contributed by atoms with E-state index in [1.54, 1.807) is 24.4 Å². The number of hydrogen-bond donors (Lipinski definition) is 1. The van der Waals surface area contributed by atoms with Crippen LogP contribution in [0.4, 0.5) is 10.1 Å². The summed E-state index contributed by atoms with van der Waals surface area (Å²) in [6.45, 7) is 1.99. The maximum Gasteiger partial charge on any atom is 0.257 e.